The summed E-state index contributed by atoms with van der Waals surface area (Å²) < 4.78 is 0. The lowest BCUT2D eigenvalue weighted by molar-refractivity contribution is -0.128. The van der Waals surface area contributed by atoms with Crippen molar-refractivity contribution in [3.63, 3.8) is 0 Å². The van der Waals surface area contributed by atoms with E-state index in [0.717, 1.165) is 25.7 Å². The molecule has 1 saturated carbocycles. The number of rotatable bonds is 4. The average Bonchev–Trinajstić information content (AvgIpc) is 2.20. The van der Waals surface area contributed by atoms with Crippen molar-refractivity contribution in [2.75, 3.05) is 6.54 Å². The van der Waals surface area contributed by atoms with Gasteiger partial charge in [0, 0.05) is 6.54 Å². The van der Waals surface area contributed by atoms with E-state index in [0.29, 0.717) is 5.92 Å². The van der Waals surface area contributed by atoms with Gasteiger partial charge in [0.2, 0.25) is 5.91 Å². The monoisotopic (exact) mass is 227 g/mol. The van der Waals surface area contributed by atoms with Crippen LogP contribution in [0, 0.1) is 5.92 Å². The second kappa shape index (κ2) is 5.43. The summed E-state index contributed by atoms with van der Waals surface area (Å²) in [5.74, 6) is 0.217. The van der Waals surface area contributed by atoms with Gasteiger partial charge >= 0.3 is 0 Å². The average molecular weight is 227 g/mol. The Morgan fingerprint density at radius 2 is 1.94 bits per heavy atom. The molecule has 1 amide bonds. The van der Waals surface area contributed by atoms with Crippen molar-refractivity contribution in [3.8, 4) is 0 Å². The Labute approximate surface area is 96.4 Å². The Bertz CT molecular complexity index is 267. The van der Waals surface area contributed by atoms with Crippen LogP contribution in [0.1, 0.15) is 46.0 Å². The number of amides is 1. The van der Waals surface area contributed by atoms with E-state index in [2.05, 4.69) is 12.2 Å². The van der Waals surface area contributed by atoms with Crippen LogP contribution in [0.5, 0.6) is 0 Å². The van der Waals surface area contributed by atoms with Crippen LogP contribution in [-0.4, -0.2) is 28.9 Å². The number of hydrogen-bond acceptors (Lipinski definition) is 3. The van der Waals surface area contributed by atoms with E-state index in [-0.39, 0.29) is 24.7 Å². The Morgan fingerprint density at radius 3 is 2.44 bits per heavy atom. The van der Waals surface area contributed by atoms with E-state index in [9.17, 15) is 14.7 Å². The highest BCUT2D eigenvalue weighted by Gasteiger charge is 2.31. The number of Topliss-reactive ketones (excluding diaryl/α,β-unsaturated/α-hetero) is 1. The van der Waals surface area contributed by atoms with Gasteiger partial charge in [0.05, 0.1) is 12.0 Å². The SMILES string of the molecule is CC(=O)CC(=O)NCC1(O)CCC(C)CC1. The molecular weight excluding hydrogens is 206 g/mol. The third-order valence-electron chi connectivity index (χ3n) is 3.23. The summed E-state index contributed by atoms with van der Waals surface area (Å²) in [6.07, 6.45) is 3.37. The van der Waals surface area contributed by atoms with Crippen molar-refractivity contribution in [2.45, 2.75) is 51.6 Å². The maximum atomic E-state index is 11.3. The van der Waals surface area contributed by atoms with Crippen LogP contribution in [-0.2, 0) is 9.59 Å². The molecule has 0 spiro atoms. The number of ketones is 1. The second-order valence-electron chi connectivity index (χ2n) is 5.06. The number of aliphatic hydroxyl groups is 1. The van der Waals surface area contributed by atoms with E-state index in [1.165, 1.54) is 6.92 Å². The fourth-order valence-electron chi connectivity index (χ4n) is 2.03. The number of nitrogens with one attached hydrogen (secondary N) is 1. The van der Waals surface area contributed by atoms with Gasteiger partial charge in [-0.15, -0.1) is 0 Å². The fourth-order valence-corrected chi connectivity index (χ4v) is 2.03. The van der Waals surface area contributed by atoms with Gasteiger partial charge in [0.25, 0.3) is 0 Å². The molecule has 4 heteroatoms. The first-order valence-electron chi connectivity index (χ1n) is 5.90. The molecule has 2 N–H and O–H groups in total. The minimum Gasteiger partial charge on any atom is -0.388 e. The molecule has 0 aromatic heterocycles. The molecule has 0 heterocycles. The molecule has 1 aliphatic rings. The lowest BCUT2D eigenvalue weighted by Crippen LogP contribution is -2.45. The molecule has 1 aliphatic carbocycles. The molecule has 0 atom stereocenters. The van der Waals surface area contributed by atoms with Gasteiger partial charge in [-0.05, 0) is 38.5 Å². The number of hydrogen-bond donors (Lipinski definition) is 2. The lowest BCUT2D eigenvalue weighted by Gasteiger charge is -2.34. The molecular formula is C12H21NO3. The third kappa shape index (κ3) is 4.31. The van der Waals surface area contributed by atoms with Gasteiger partial charge in [0.1, 0.15) is 5.78 Å². The normalized spacial score (nSPS) is 29.8. The quantitative estimate of drug-likeness (QED) is 0.705. The number of carbonyl (C=O) groups excluding carboxylic acids is 2. The molecule has 0 saturated heterocycles. The summed E-state index contributed by atoms with van der Waals surface area (Å²) in [6, 6.07) is 0. The summed E-state index contributed by atoms with van der Waals surface area (Å²) in [4.78, 5) is 22.0. The van der Waals surface area contributed by atoms with Crippen LogP contribution in [0.25, 0.3) is 0 Å². The van der Waals surface area contributed by atoms with Gasteiger partial charge in [-0.1, -0.05) is 6.92 Å². The molecule has 0 aliphatic heterocycles. The standard InChI is InChI=1S/C12H21NO3/c1-9-3-5-12(16,6-4-9)8-13-11(15)7-10(2)14/h9,16H,3-8H2,1-2H3,(H,13,15). The first kappa shape index (κ1) is 13.2. The Kier molecular flexibility index (Phi) is 4.47. The van der Waals surface area contributed by atoms with Gasteiger partial charge in [-0.25, -0.2) is 0 Å². The van der Waals surface area contributed by atoms with Gasteiger partial charge in [-0.2, -0.15) is 0 Å². The number of carbonyl (C=O) groups is 2. The summed E-state index contributed by atoms with van der Waals surface area (Å²) in [6.45, 7) is 3.83. The molecule has 0 radical (unpaired) electrons. The molecule has 16 heavy (non-hydrogen) atoms. The lowest BCUT2D eigenvalue weighted by atomic mass is 9.79. The largest absolute Gasteiger partial charge is 0.388 e. The van der Waals surface area contributed by atoms with E-state index >= 15 is 0 Å². The van der Waals surface area contributed by atoms with Crippen LogP contribution in [0.4, 0.5) is 0 Å². The predicted octanol–water partition coefficient (Wildman–Crippen LogP) is 1.02. The topological polar surface area (TPSA) is 66.4 Å². The molecule has 0 aromatic rings. The van der Waals surface area contributed by atoms with Crippen LogP contribution < -0.4 is 5.32 Å². The maximum absolute atomic E-state index is 11.3. The first-order valence-corrected chi connectivity index (χ1v) is 5.90. The van der Waals surface area contributed by atoms with Crippen molar-refractivity contribution in [3.05, 3.63) is 0 Å². The Hall–Kier alpha value is -0.900. The van der Waals surface area contributed by atoms with Crippen LogP contribution in [0.2, 0.25) is 0 Å². The zero-order valence-electron chi connectivity index (χ0n) is 10.1. The summed E-state index contributed by atoms with van der Waals surface area (Å²) in [7, 11) is 0. The highest BCUT2D eigenvalue weighted by molar-refractivity contribution is 5.96. The molecule has 0 bridgehead atoms. The van der Waals surface area contributed by atoms with Crippen molar-refractivity contribution < 1.29 is 14.7 Å². The highest BCUT2D eigenvalue weighted by Crippen LogP contribution is 2.31. The smallest absolute Gasteiger partial charge is 0.227 e. The van der Waals surface area contributed by atoms with Crippen molar-refractivity contribution >= 4 is 11.7 Å². The molecule has 1 rings (SSSR count). The minimum absolute atomic E-state index is 0.0908. The molecule has 4 nitrogen and oxygen atoms in total. The summed E-state index contributed by atoms with van der Waals surface area (Å²) in [5, 5.41) is 12.8. The van der Waals surface area contributed by atoms with Crippen LogP contribution >= 0.6 is 0 Å². The molecule has 92 valence electrons. The van der Waals surface area contributed by atoms with E-state index < -0.39 is 5.60 Å². The third-order valence-corrected chi connectivity index (χ3v) is 3.23. The Morgan fingerprint density at radius 1 is 1.38 bits per heavy atom. The minimum atomic E-state index is -0.765. The predicted molar refractivity (Wildman–Crippen MR) is 60.9 cm³/mol. The second-order valence-corrected chi connectivity index (χ2v) is 5.06. The van der Waals surface area contributed by atoms with E-state index in [1.807, 2.05) is 0 Å². The van der Waals surface area contributed by atoms with Crippen LogP contribution in [0.3, 0.4) is 0 Å². The van der Waals surface area contributed by atoms with Gasteiger partial charge in [-0.3, -0.25) is 9.59 Å². The van der Waals surface area contributed by atoms with Crippen molar-refractivity contribution in [2.24, 2.45) is 5.92 Å². The molecule has 0 unspecified atom stereocenters. The van der Waals surface area contributed by atoms with E-state index in [1.54, 1.807) is 0 Å². The first-order chi connectivity index (χ1) is 7.41. The van der Waals surface area contributed by atoms with Gasteiger partial charge in [0.15, 0.2) is 0 Å². The summed E-state index contributed by atoms with van der Waals surface area (Å²) in [5.41, 5.74) is -0.765. The Balaban J connectivity index is 2.31. The van der Waals surface area contributed by atoms with Crippen molar-refractivity contribution in [1.29, 1.82) is 0 Å². The molecule has 0 aromatic carbocycles. The van der Waals surface area contributed by atoms with E-state index in [4.69, 9.17) is 0 Å². The summed E-state index contributed by atoms with van der Waals surface area (Å²) >= 11 is 0. The zero-order valence-corrected chi connectivity index (χ0v) is 10.1. The highest BCUT2D eigenvalue weighted by atomic mass is 16.3. The molecule has 1 fully saturated rings. The van der Waals surface area contributed by atoms with Gasteiger partial charge < -0.3 is 10.4 Å². The zero-order chi connectivity index (χ0) is 12.2. The fraction of sp³-hybridized carbons (Fsp3) is 0.833. The van der Waals surface area contributed by atoms with Crippen molar-refractivity contribution in [1.82, 2.24) is 5.32 Å². The van der Waals surface area contributed by atoms with Crippen LogP contribution in [0.15, 0.2) is 0 Å². The maximum Gasteiger partial charge on any atom is 0.227 e.